The molecule has 4 aromatic rings. The Morgan fingerprint density at radius 1 is 0.986 bits per heavy atom. The van der Waals surface area contributed by atoms with Gasteiger partial charge in [0.1, 0.15) is 12.1 Å². The van der Waals surface area contributed by atoms with Gasteiger partial charge in [0, 0.05) is 73.2 Å². The van der Waals surface area contributed by atoms with Crippen molar-refractivity contribution in [2.24, 2.45) is 5.92 Å². The fourth-order valence-electron chi connectivity index (χ4n) is 10.2. The molecule has 1 saturated heterocycles. The molecule has 3 atom stereocenters. The van der Waals surface area contributed by atoms with Crippen molar-refractivity contribution in [2.45, 2.75) is 67.4 Å². The number of piperazine rings is 1. The Morgan fingerprint density at radius 2 is 1.77 bits per heavy atom. The molecule has 378 valence electrons. The van der Waals surface area contributed by atoms with Crippen LogP contribution in [0, 0.1) is 11.3 Å². The predicted molar refractivity (Wildman–Crippen MR) is 261 cm³/mol. The first-order valence-electron chi connectivity index (χ1n) is 22.9. The van der Waals surface area contributed by atoms with Crippen molar-refractivity contribution in [2.75, 3.05) is 36.6 Å². The SMILES string of the molecule is CC1CC(C)(C)Nc2c1cc1c(C3=CC=CC(C(=O)N4CCN(c5ccnc(-n6ccnc6)n5)C(CC(=O)NCc5ccc6c(c5)OCO6)C4)C=C3C(=O)O)c3ccc(=N)c(S(=O)(=O)O)c-3oc1c2S(=O)(=O)O. The summed E-state index contributed by atoms with van der Waals surface area (Å²) in [5, 5.41) is 24.9. The van der Waals surface area contributed by atoms with Crippen LogP contribution in [0.3, 0.4) is 0 Å². The molecular weight excluding hydrogens is 987 g/mol. The number of aromatic nitrogens is 4. The monoisotopic (exact) mass is 1030 g/mol. The number of fused-ring (bicyclic) bond motifs is 4. The number of carboxylic acid groups (broad SMARTS) is 1. The number of carbonyl (C=O) groups is 3. The van der Waals surface area contributed by atoms with Crippen LogP contribution in [0.25, 0.3) is 33.8 Å². The van der Waals surface area contributed by atoms with Gasteiger partial charge < -0.3 is 39.4 Å². The Morgan fingerprint density at radius 3 is 2.51 bits per heavy atom. The molecule has 0 radical (unpaired) electrons. The van der Waals surface area contributed by atoms with Gasteiger partial charge in [-0.3, -0.25) is 28.7 Å². The lowest BCUT2D eigenvalue weighted by molar-refractivity contribution is -0.134. The van der Waals surface area contributed by atoms with Gasteiger partial charge >= 0.3 is 5.97 Å². The van der Waals surface area contributed by atoms with Crippen LogP contribution in [-0.2, 0) is 41.2 Å². The van der Waals surface area contributed by atoms with Crippen molar-refractivity contribution in [3.05, 3.63) is 119 Å². The molecule has 2 aromatic carbocycles. The zero-order chi connectivity index (χ0) is 51.7. The minimum Gasteiger partial charge on any atom is -0.478 e. The summed E-state index contributed by atoms with van der Waals surface area (Å²) in [4.78, 5) is 57.1. The highest BCUT2D eigenvalue weighted by Gasteiger charge is 2.40. The molecular formula is C49H47N9O13S2. The van der Waals surface area contributed by atoms with Gasteiger partial charge in [-0.1, -0.05) is 37.3 Å². The molecule has 2 amide bonds. The Balaban J connectivity index is 1.03. The Labute approximate surface area is 417 Å². The molecule has 22 nitrogen and oxygen atoms in total. The lowest BCUT2D eigenvalue weighted by Gasteiger charge is -2.42. The van der Waals surface area contributed by atoms with E-state index in [1.807, 2.05) is 31.7 Å². The number of imidazole rings is 1. The minimum absolute atomic E-state index is 0.00254. The predicted octanol–water partition coefficient (Wildman–Crippen LogP) is 4.92. The van der Waals surface area contributed by atoms with E-state index in [2.05, 4.69) is 20.6 Å². The first-order valence-corrected chi connectivity index (χ1v) is 25.8. The van der Waals surface area contributed by atoms with Crippen molar-refractivity contribution in [3.8, 4) is 28.8 Å². The topological polar surface area (TPSA) is 310 Å². The second kappa shape index (κ2) is 18.3. The highest BCUT2D eigenvalue weighted by atomic mass is 32.2. The zero-order valence-electron chi connectivity index (χ0n) is 39.3. The highest BCUT2D eigenvalue weighted by Crippen LogP contribution is 2.50. The largest absolute Gasteiger partial charge is 0.478 e. The standard InChI is InChI=1S/C49H47N9O13S2/c1-26-21-49(2,3)55-41-32(26)20-34-40(31-8-9-35(50)44(72(63,64)65)42(31)71-43(34)45(41)73(66,67)68)30-6-4-5-28(18-33(30)47(61)62)46(60)56-15-16-58(38-11-12-52-48(54-38)57-14-13-51-24-57)29(23-56)19-39(59)53-22-27-7-10-36-37(17-27)70-25-69-36/h4-14,17-18,20,24,26,28-29,50,55H,15-16,19,21-23,25H2,1-3H3,(H,53,59)(H,61,62)(H,63,64,65)(H,66,67,68). The maximum atomic E-state index is 14.8. The summed E-state index contributed by atoms with van der Waals surface area (Å²) in [6.07, 6.45) is 12.3. The summed E-state index contributed by atoms with van der Waals surface area (Å²) >= 11 is 0. The van der Waals surface area contributed by atoms with Crippen LogP contribution in [0.4, 0.5) is 11.5 Å². The van der Waals surface area contributed by atoms with Crippen LogP contribution >= 0.6 is 0 Å². The average Bonchev–Trinajstić information content (AvgIpc) is 4.00. The number of aliphatic carboxylic acids is 1. The number of rotatable bonds is 11. The summed E-state index contributed by atoms with van der Waals surface area (Å²) in [5.74, 6) is -2.69. The molecule has 4 aliphatic heterocycles. The van der Waals surface area contributed by atoms with Crippen molar-refractivity contribution >= 4 is 66.1 Å². The van der Waals surface area contributed by atoms with Gasteiger partial charge in [0.15, 0.2) is 32.6 Å². The van der Waals surface area contributed by atoms with Gasteiger partial charge in [-0.05, 0) is 79.3 Å². The number of nitrogens with zero attached hydrogens (tertiary/aromatic N) is 6. The van der Waals surface area contributed by atoms with E-state index in [0.717, 1.165) is 11.6 Å². The van der Waals surface area contributed by atoms with Crippen LogP contribution in [0.15, 0.2) is 111 Å². The number of allylic oxidation sites excluding steroid dienone is 2. The molecule has 2 aliphatic carbocycles. The smallest absolute Gasteiger partial charge is 0.336 e. The van der Waals surface area contributed by atoms with Crippen LogP contribution in [0.2, 0.25) is 0 Å². The van der Waals surface area contributed by atoms with E-state index in [9.17, 15) is 45.4 Å². The summed E-state index contributed by atoms with van der Waals surface area (Å²) in [6.45, 7) is 6.06. The zero-order valence-corrected chi connectivity index (χ0v) is 40.9. The maximum Gasteiger partial charge on any atom is 0.336 e. The summed E-state index contributed by atoms with van der Waals surface area (Å²) < 4.78 is 93.0. The molecule has 6 aliphatic rings. The summed E-state index contributed by atoms with van der Waals surface area (Å²) in [5.41, 5.74) is -0.951. The van der Waals surface area contributed by atoms with Crippen molar-refractivity contribution in [1.82, 2.24) is 29.7 Å². The molecule has 0 bridgehead atoms. The van der Waals surface area contributed by atoms with Crippen LogP contribution in [0.1, 0.15) is 56.2 Å². The Hall–Kier alpha value is -7.93. The van der Waals surface area contributed by atoms with E-state index in [0.29, 0.717) is 35.2 Å². The lowest BCUT2D eigenvalue weighted by Crippen LogP contribution is -2.57. The van der Waals surface area contributed by atoms with Crippen molar-refractivity contribution < 1.29 is 59.3 Å². The Bertz CT molecular complexity index is 3650. The van der Waals surface area contributed by atoms with Crippen LogP contribution in [-0.4, -0.2) is 111 Å². The van der Waals surface area contributed by atoms with Gasteiger partial charge in [-0.25, -0.2) is 14.8 Å². The molecule has 6 heterocycles. The van der Waals surface area contributed by atoms with Gasteiger partial charge in [-0.15, -0.1) is 0 Å². The van der Waals surface area contributed by atoms with E-state index in [1.165, 1.54) is 35.3 Å². The van der Waals surface area contributed by atoms with Gasteiger partial charge in [0.05, 0.1) is 28.6 Å². The van der Waals surface area contributed by atoms with Crippen LogP contribution in [0.5, 0.6) is 11.5 Å². The van der Waals surface area contributed by atoms with E-state index < -0.39 is 81.7 Å². The molecule has 0 saturated carbocycles. The number of anilines is 2. The van der Waals surface area contributed by atoms with E-state index in [1.54, 1.807) is 53.8 Å². The van der Waals surface area contributed by atoms with Crippen molar-refractivity contribution in [1.29, 1.82) is 5.41 Å². The fraction of sp³-hybridized carbons (Fsp3) is 0.286. The Kier molecular flexibility index (Phi) is 12.2. The van der Waals surface area contributed by atoms with Gasteiger partial charge in [0.2, 0.25) is 24.6 Å². The van der Waals surface area contributed by atoms with Gasteiger partial charge in [0.25, 0.3) is 20.2 Å². The lowest BCUT2D eigenvalue weighted by atomic mass is 9.80. The number of carboxylic acids is 1. The second-order valence-corrected chi connectivity index (χ2v) is 21.5. The number of benzene rings is 3. The fourth-order valence-corrected chi connectivity index (χ4v) is 11.7. The van der Waals surface area contributed by atoms with Crippen LogP contribution < -0.4 is 30.4 Å². The van der Waals surface area contributed by atoms with E-state index in [4.69, 9.17) is 24.3 Å². The molecule has 10 rings (SSSR count). The number of hydrogen-bond acceptors (Lipinski definition) is 16. The number of hydrogen-bond donors (Lipinski definition) is 6. The number of nitrogens with one attached hydrogen (secondary N) is 3. The summed E-state index contributed by atoms with van der Waals surface area (Å²) in [6, 6.07) is 10.3. The normalized spacial score (nSPS) is 19.4. The molecule has 24 heteroatoms. The molecule has 3 unspecified atom stereocenters. The summed E-state index contributed by atoms with van der Waals surface area (Å²) in [7, 11) is -10.5. The number of carbonyl (C=O) groups excluding carboxylic acids is 2. The average molecular weight is 1030 g/mol. The number of ether oxygens (including phenoxy) is 2. The molecule has 6 N–H and O–H groups in total. The van der Waals surface area contributed by atoms with E-state index >= 15 is 0 Å². The number of amides is 2. The molecule has 73 heavy (non-hydrogen) atoms. The molecule has 2 aromatic heterocycles. The quantitative estimate of drug-likeness (QED) is 0.0741. The third-order valence-corrected chi connectivity index (χ3v) is 15.1. The van der Waals surface area contributed by atoms with Crippen molar-refractivity contribution in [3.63, 3.8) is 0 Å². The van der Waals surface area contributed by atoms with Gasteiger partial charge in [-0.2, -0.15) is 21.8 Å². The second-order valence-electron chi connectivity index (χ2n) is 18.8. The minimum atomic E-state index is -5.27. The molecule has 1 fully saturated rings. The maximum absolute atomic E-state index is 14.8. The first-order chi connectivity index (χ1) is 34.6. The first kappa shape index (κ1) is 48.7. The third-order valence-electron chi connectivity index (χ3n) is 13.3. The highest BCUT2D eigenvalue weighted by molar-refractivity contribution is 7.86. The molecule has 0 spiro atoms. The van der Waals surface area contributed by atoms with E-state index in [-0.39, 0.29) is 79.0 Å². The third kappa shape index (κ3) is 9.28.